The number of pyridine rings is 1. The fourth-order valence-corrected chi connectivity index (χ4v) is 3.51. The number of methoxy groups -OCH3 is 1. The first kappa shape index (κ1) is 21.7. The van der Waals surface area contributed by atoms with Gasteiger partial charge in [-0.05, 0) is 30.7 Å². The van der Waals surface area contributed by atoms with Crippen molar-refractivity contribution in [2.75, 3.05) is 69.0 Å². The molecule has 1 aromatic heterocycles. The highest BCUT2D eigenvalue weighted by molar-refractivity contribution is 5.98. The summed E-state index contributed by atoms with van der Waals surface area (Å²) in [7, 11) is 5.03. The molecule has 0 spiro atoms. The van der Waals surface area contributed by atoms with Crippen molar-refractivity contribution in [3.05, 3.63) is 41.7 Å². The molecule has 2 heterocycles. The predicted octanol–water partition coefficient (Wildman–Crippen LogP) is 3.08. The number of nitrogens with zero attached hydrogens (tertiary/aromatic N) is 4. The van der Waals surface area contributed by atoms with Crippen LogP contribution in [0.1, 0.15) is 23.7 Å². The first-order valence-corrected chi connectivity index (χ1v) is 10.2. The molecule has 162 valence electrons. The first-order valence-electron chi connectivity index (χ1n) is 10.2. The van der Waals surface area contributed by atoms with Gasteiger partial charge >= 0.3 is 0 Å². The van der Waals surface area contributed by atoms with Crippen molar-refractivity contribution in [2.45, 2.75) is 13.3 Å². The fourth-order valence-electron chi connectivity index (χ4n) is 3.51. The molecule has 1 amide bonds. The third-order valence-corrected chi connectivity index (χ3v) is 5.15. The van der Waals surface area contributed by atoms with Crippen LogP contribution in [-0.4, -0.2) is 69.7 Å². The van der Waals surface area contributed by atoms with Crippen molar-refractivity contribution in [2.24, 2.45) is 0 Å². The van der Waals surface area contributed by atoms with Gasteiger partial charge in [-0.15, -0.1) is 0 Å². The second kappa shape index (κ2) is 9.65. The maximum Gasteiger partial charge on any atom is 0.257 e. The van der Waals surface area contributed by atoms with Gasteiger partial charge in [0.1, 0.15) is 23.2 Å². The van der Waals surface area contributed by atoms with Crippen molar-refractivity contribution >= 4 is 23.2 Å². The molecule has 0 saturated carbocycles. The molecule has 2 aromatic rings. The summed E-state index contributed by atoms with van der Waals surface area (Å²) in [6, 6.07) is 8.38. The van der Waals surface area contributed by atoms with Gasteiger partial charge in [-0.1, -0.05) is 6.92 Å². The van der Waals surface area contributed by atoms with Crippen molar-refractivity contribution in [1.82, 2.24) is 9.88 Å². The molecule has 3 rings (SSSR count). The lowest BCUT2D eigenvalue weighted by Crippen LogP contribution is -2.47. The lowest BCUT2D eigenvalue weighted by Gasteiger charge is -2.37. The number of piperazine rings is 1. The Kier molecular flexibility index (Phi) is 6.97. The Bertz CT molecular complexity index is 882. The Morgan fingerprint density at radius 1 is 1.17 bits per heavy atom. The fraction of sp³-hybridized carbons (Fsp3) is 0.455. The average molecular weight is 416 g/mol. The number of rotatable bonds is 7. The molecule has 0 atom stereocenters. The van der Waals surface area contributed by atoms with E-state index in [-0.39, 0.29) is 11.7 Å². The number of anilines is 3. The maximum atomic E-state index is 13.5. The topological polar surface area (TPSA) is 60.9 Å². The van der Waals surface area contributed by atoms with Crippen molar-refractivity contribution in [3.63, 3.8) is 0 Å². The molecule has 1 aromatic carbocycles. The molecular formula is C22H30FN5O2. The largest absolute Gasteiger partial charge is 0.494 e. The summed E-state index contributed by atoms with van der Waals surface area (Å²) in [6.45, 7) is 5.89. The molecule has 1 aliphatic rings. The van der Waals surface area contributed by atoms with Gasteiger partial charge in [0.15, 0.2) is 0 Å². The minimum atomic E-state index is -0.307. The molecule has 1 aliphatic heterocycles. The summed E-state index contributed by atoms with van der Waals surface area (Å²) in [5.41, 5.74) is 1.47. The number of amides is 1. The van der Waals surface area contributed by atoms with Gasteiger partial charge in [-0.2, -0.15) is 0 Å². The zero-order valence-electron chi connectivity index (χ0n) is 18.1. The summed E-state index contributed by atoms with van der Waals surface area (Å²) in [6.07, 6.45) is 0.944. The summed E-state index contributed by atoms with van der Waals surface area (Å²) >= 11 is 0. The zero-order valence-corrected chi connectivity index (χ0v) is 18.1. The van der Waals surface area contributed by atoms with E-state index in [1.54, 1.807) is 32.2 Å². The van der Waals surface area contributed by atoms with Gasteiger partial charge in [-0.3, -0.25) is 4.79 Å². The van der Waals surface area contributed by atoms with Crippen LogP contribution in [0, 0.1) is 5.82 Å². The maximum absolute atomic E-state index is 13.5. The van der Waals surface area contributed by atoms with E-state index in [2.05, 4.69) is 22.0 Å². The zero-order chi connectivity index (χ0) is 21.7. The molecule has 1 saturated heterocycles. The lowest BCUT2D eigenvalue weighted by molar-refractivity contribution is 0.0828. The van der Waals surface area contributed by atoms with Gasteiger partial charge in [-0.25, -0.2) is 9.37 Å². The van der Waals surface area contributed by atoms with Crippen LogP contribution in [0.2, 0.25) is 0 Å². The molecule has 1 N–H and O–H groups in total. The Morgan fingerprint density at radius 3 is 2.50 bits per heavy atom. The summed E-state index contributed by atoms with van der Waals surface area (Å²) in [5, 5.41) is 3.29. The van der Waals surface area contributed by atoms with E-state index in [0.717, 1.165) is 50.6 Å². The highest BCUT2D eigenvalue weighted by atomic mass is 19.1. The van der Waals surface area contributed by atoms with Crippen molar-refractivity contribution < 1.29 is 13.9 Å². The molecular weight excluding hydrogens is 385 g/mol. The molecule has 1 fully saturated rings. The van der Waals surface area contributed by atoms with E-state index in [1.807, 2.05) is 12.1 Å². The van der Waals surface area contributed by atoms with Crippen LogP contribution in [0.5, 0.6) is 5.75 Å². The summed E-state index contributed by atoms with van der Waals surface area (Å²) < 4.78 is 18.8. The SMILES string of the molecule is CCCNc1nc(N2CCN(c3ccc(F)cc3OC)CC2)ccc1C(=O)N(C)C. The van der Waals surface area contributed by atoms with Crippen LogP contribution in [0.3, 0.4) is 0 Å². The number of ether oxygens (including phenoxy) is 1. The van der Waals surface area contributed by atoms with Gasteiger partial charge in [0, 0.05) is 52.9 Å². The standard InChI is InChI=1S/C22H30FN5O2/c1-5-10-24-21-17(22(29)26(2)3)7-9-20(25-21)28-13-11-27(12-14-28)18-8-6-16(23)15-19(18)30-4/h6-9,15H,5,10-14H2,1-4H3,(H,24,25). The number of aromatic nitrogens is 1. The molecule has 0 radical (unpaired) electrons. The molecule has 7 nitrogen and oxygen atoms in total. The Morgan fingerprint density at radius 2 is 1.87 bits per heavy atom. The van der Waals surface area contributed by atoms with Crippen LogP contribution in [0.15, 0.2) is 30.3 Å². The highest BCUT2D eigenvalue weighted by Gasteiger charge is 2.23. The number of carbonyl (C=O) groups is 1. The second-order valence-corrected chi connectivity index (χ2v) is 7.48. The molecule has 8 heteroatoms. The van der Waals surface area contributed by atoms with Gasteiger partial charge in [0.2, 0.25) is 0 Å². The number of hydrogen-bond acceptors (Lipinski definition) is 6. The number of hydrogen-bond donors (Lipinski definition) is 1. The Balaban J connectivity index is 1.75. The Hall–Kier alpha value is -3.03. The molecule has 0 bridgehead atoms. The third-order valence-electron chi connectivity index (χ3n) is 5.15. The normalized spacial score (nSPS) is 13.9. The number of benzene rings is 1. The predicted molar refractivity (Wildman–Crippen MR) is 118 cm³/mol. The van der Waals surface area contributed by atoms with Crippen LogP contribution >= 0.6 is 0 Å². The minimum absolute atomic E-state index is 0.0686. The molecule has 0 aliphatic carbocycles. The third kappa shape index (κ3) is 4.75. The average Bonchev–Trinajstić information content (AvgIpc) is 2.77. The van der Waals surface area contributed by atoms with E-state index < -0.39 is 0 Å². The van der Waals surface area contributed by atoms with E-state index in [1.165, 1.54) is 12.1 Å². The van der Waals surface area contributed by atoms with E-state index in [0.29, 0.717) is 17.1 Å². The first-order chi connectivity index (χ1) is 14.4. The molecule has 0 unspecified atom stereocenters. The monoisotopic (exact) mass is 415 g/mol. The number of halogens is 1. The Labute approximate surface area is 177 Å². The van der Waals surface area contributed by atoms with E-state index in [4.69, 9.17) is 9.72 Å². The lowest BCUT2D eigenvalue weighted by atomic mass is 10.2. The number of carbonyl (C=O) groups excluding carboxylic acids is 1. The van der Waals surface area contributed by atoms with Gasteiger partial charge < -0.3 is 24.8 Å². The molecule has 30 heavy (non-hydrogen) atoms. The van der Waals surface area contributed by atoms with Gasteiger partial charge in [0.05, 0.1) is 18.4 Å². The van der Waals surface area contributed by atoms with Crippen LogP contribution in [0.25, 0.3) is 0 Å². The van der Waals surface area contributed by atoms with Gasteiger partial charge in [0.25, 0.3) is 5.91 Å². The highest BCUT2D eigenvalue weighted by Crippen LogP contribution is 2.30. The van der Waals surface area contributed by atoms with Crippen molar-refractivity contribution in [3.8, 4) is 5.75 Å². The van der Waals surface area contributed by atoms with E-state index >= 15 is 0 Å². The van der Waals surface area contributed by atoms with E-state index in [9.17, 15) is 9.18 Å². The smallest absolute Gasteiger partial charge is 0.257 e. The summed E-state index contributed by atoms with van der Waals surface area (Å²) in [5.74, 6) is 1.63. The second-order valence-electron chi connectivity index (χ2n) is 7.48. The number of nitrogens with one attached hydrogen (secondary N) is 1. The minimum Gasteiger partial charge on any atom is -0.494 e. The van der Waals surface area contributed by atoms with Crippen LogP contribution < -0.4 is 19.9 Å². The quantitative estimate of drug-likeness (QED) is 0.750. The van der Waals surface area contributed by atoms with Crippen LogP contribution in [0.4, 0.5) is 21.7 Å². The van der Waals surface area contributed by atoms with Crippen molar-refractivity contribution in [1.29, 1.82) is 0 Å². The van der Waals surface area contributed by atoms with Crippen LogP contribution in [-0.2, 0) is 0 Å². The summed E-state index contributed by atoms with van der Waals surface area (Å²) in [4.78, 5) is 23.2.